The number of Topliss-reactive ketones (excluding diaryl/α,β-unsaturated/α-hetero) is 1. The van der Waals surface area contributed by atoms with E-state index in [1.54, 1.807) is 24.3 Å². The number of carbonyl (C=O) groups excluding carboxylic acids is 1. The number of aromatic nitrogens is 3. The van der Waals surface area contributed by atoms with Crippen LogP contribution in [0.1, 0.15) is 40.6 Å². The first-order valence-electron chi connectivity index (χ1n) is 9.69. The summed E-state index contributed by atoms with van der Waals surface area (Å²) in [5.74, 6) is 0.173. The van der Waals surface area contributed by atoms with E-state index >= 15 is 0 Å². The second kappa shape index (κ2) is 8.20. The van der Waals surface area contributed by atoms with E-state index in [2.05, 4.69) is 18.8 Å². The Morgan fingerprint density at radius 3 is 2.47 bits per heavy atom. The molecule has 3 aromatic heterocycles. The Labute approximate surface area is 177 Å². The molecular weight excluding hydrogens is 398 g/mol. The Morgan fingerprint density at radius 2 is 1.80 bits per heavy atom. The van der Waals surface area contributed by atoms with Crippen LogP contribution in [0.5, 0.6) is 0 Å². The molecule has 1 aromatic carbocycles. The lowest BCUT2D eigenvalue weighted by Gasteiger charge is -2.13. The number of thiophene rings is 1. The van der Waals surface area contributed by atoms with Crippen LogP contribution in [-0.4, -0.2) is 19.9 Å². The zero-order valence-electron chi connectivity index (χ0n) is 16.7. The van der Waals surface area contributed by atoms with Gasteiger partial charge in [0, 0.05) is 16.6 Å². The van der Waals surface area contributed by atoms with Crippen LogP contribution in [-0.2, 0) is 13.1 Å². The molecule has 30 heavy (non-hydrogen) atoms. The van der Waals surface area contributed by atoms with Crippen molar-refractivity contribution in [3.63, 3.8) is 0 Å². The number of fused-ring (bicyclic) bond motifs is 1. The molecule has 0 bridgehead atoms. The molecule has 0 fully saturated rings. The fraction of sp³-hybridized carbons (Fsp3) is 0.217. The van der Waals surface area contributed by atoms with Gasteiger partial charge in [0.15, 0.2) is 11.3 Å². The molecule has 0 atom stereocenters. The number of nitrogens with zero attached hydrogens (tertiary/aromatic N) is 3. The van der Waals surface area contributed by atoms with Gasteiger partial charge >= 0.3 is 5.69 Å². The van der Waals surface area contributed by atoms with Gasteiger partial charge in [-0.15, -0.1) is 11.3 Å². The Morgan fingerprint density at radius 1 is 1.03 bits per heavy atom. The molecule has 7 heteroatoms. The third-order valence-corrected chi connectivity index (χ3v) is 5.94. The Hall–Kier alpha value is -3.32. The molecule has 0 amide bonds. The Kier molecular flexibility index (Phi) is 5.46. The predicted molar refractivity (Wildman–Crippen MR) is 119 cm³/mol. The molecule has 4 aromatic rings. The van der Waals surface area contributed by atoms with Gasteiger partial charge < -0.3 is 0 Å². The minimum absolute atomic E-state index is 0.152. The van der Waals surface area contributed by atoms with Crippen molar-refractivity contribution in [1.82, 2.24) is 14.1 Å². The van der Waals surface area contributed by atoms with Gasteiger partial charge in [0.05, 0.1) is 18.6 Å². The topological polar surface area (TPSA) is 74.0 Å². The Balaban J connectivity index is 1.78. The third kappa shape index (κ3) is 3.76. The third-order valence-electron chi connectivity index (χ3n) is 5.08. The maximum atomic E-state index is 13.2. The highest BCUT2D eigenvalue weighted by Gasteiger charge is 2.17. The van der Waals surface area contributed by atoms with Crippen LogP contribution in [0.15, 0.2) is 69.7 Å². The summed E-state index contributed by atoms with van der Waals surface area (Å²) in [6.07, 6.45) is 1.51. The minimum atomic E-state index is -0.513. The molecule has 0 saturated carbocycles. The van der Waals surface area contributed by atoms with Crippen LogP contribution in [0.4, 0.5) is 0 Å². The summed E-state index contributed by atoms with van der Waals surface area (Å²) in [6.45, 7) is 4.17. The molecule has 0 radical (unpaired) electrons. The van der Waals surface area contributed by atoms with Crippen LogP contribution in [0.3, 0.4) is 0 Å². The van der Waals surface area contributed by atoms with Crippen LogP contribution in [0, 0.1) is 0 Å². The van der Waals surface area contributed by atoms with Gasteiger partial charge in [-0.25, -0.2) is 9.78 Å². The number of rotatable bonds is 6. The molecule has 3 heterocycles. The molecule has 6 nitrogen and oxygen atoms in total. The fourth-order valence-corrected chi connectivity index (χ4v) is 4.07. The van der Waals surface area contributed by atoms with Gasteiger partial charge in [-0.3, -0.25) is 18.7 Å². The highest BCUT2D eigenvalue weighted by molar-refractivity contribution is 7.09. The number of hydrogen-bond acceptors (Lipinski definition) is 5. The lowest BCUT2D eigenvalue weighted by Crippen LogP contribution is -2.41. The van der Waals surface area contributed by atoms with E-state index in [1.165, 1.54) is 22.1 Å². The standard InChI is InChI=1S/C23H21N3O3S/c1-15(2)16-7-9-17(10-8-16)20(27)14-25-19-6-3-11-24-21(19)22(28)26(23(25)29)13-18-5-4-12-30-18/h3-12,15H,13-14H2,1-2H3. The van der Waals surface area contributed by atoms with Crippen LogP contribution < -0.4 is 11.2 Å². The lowest BCUT2D eigenvalue weighted by molar-refractivity contribution is 0.0971. The first-order valence-corrected chi connectivity index (χ1v) is 10.6. The number of hydrogen-bond donors (Lipinski definition) is 0. The highest BCUT2D eigenvalue weighted by atomic mass is 32.1. The van der Waals surface area contributed by atoms with Crippen molar-refractivity contribution in [2.24, 2.45) is 0 Å². The van der Waals surface area contributed by atoms with Crippen LogP contribution >= 0.6 is 11.3 Å². The average Bonchev–Trinajstić information content (AvgIpc) is 3.27. The van der Waals surface area contributed by atoms with Crippen molar-refractivity contribution in [2.75, 3.05) is 0 Å². The summed E-state index contributed by atoms with van der Waals surface area (Å²) in [4.78, 5) is 44.1. The molecule has 0 aliphatic heterocycles. The lowest BCUT2D eigenvalue weighted by atomic mass is 10.0. The van der Waals surface area contributed by atoms with Crippen molar-refractivity contribution < 1.29 is 4.79 Å². The maximum absolute atomic E-state index is 13.2. The second-order valence-corrected chi connectivity index (χ2v) is 8.44. The van der Waals surface area contributed by atoms with E-state index in [0.29, 0.717) is 17.0 Å². The summed E-state index contributed by atoms with van der Waals surface area (Å²) in [5.41, 5.74) is 1.25. The van der Waals surface area contributed by atoms with Crippen molar-refractivity contribution in [2.45, 2.75) is 32.9 Å². The van der Waals surface area contributed by atoms with Gasteiger partial charge in [0.25, 0.3) is 5.56 Å². The van der Waals surface area contributed by atoms with Gasteiger partial charge in [0.2, 0.25) is 0 Å². The summed E-state index contributed by atoms with van der Waals surface area (Å²) < 4.78 is 2.49. The van der Waals surface area contributed by atoms with Crippen molar-refractivity contribution in [3.05, 3.63) is 96.9 Å². The summed E-state index contributed by atoms with van der Waals surface area (Å²) in [5, 5.41) is 1.89. The first kappa shape index (κ1) is 20.0. The maximum Gasteiger partial charge on any atom is 0.332 e. The molecule has 0 spiro atoms. The normalized spacial score (nSPS) is 11.3. The molecule has 4 rings (SSSR count). The molecule has 0 aliphatic rings. The van der Waals surface area contributed by atoms with Gasteiger partial charge in [-0.05, 0) is 35.1 Å². The number of ketones is 1. The zero-order chi connectivity index (χ0) is 21.3. The molecular formula is C23H21N3O3S. The van der Waals surface area contributed by atoms with Gasteiger partial charge in [-0.1, -0.05) is 44.2 Å². The van der Waals surface area contributed by atoms with Crippen molar-refractivity contribution >= 4 is 28.2 Å². The minimum Gasteiger partial charge on any atom is -0.292 e. The monoisotopic (exact) mass is 419 g/mol. The first-order chi connectivity index (χ1) is 14.5. The van der Waals surface area contributed by atoms with E-state index in [9.17, 15) is 14.4 Å². The van der Waals surface area contributed by atoms with E-state index < -0.39 is 11.2 Å². The van der Waals surface area contributed by atoms with Crippen molar-refractivity contribution in [3.8, 4) is 0 Å². The van der Waals surface area contributed by atoms with Crippen LogP contribution in [0.25, 0.3) is 11.0 Å². The highest BCUT2D eigenvalue weighted by Crippen LogP contribution is 2.16. The summed E-state index contributed by atoms with van der Waals surface area (Å²) in [6, 6.07) is 14.5. The molecule has 152 valence electrons. The van der Waals surface area contributed by atoms with Gasteiger partial charge in [-0.2, -0.15) is 0 Å². The van der Waals surface area contributed by atoms with Gasteiger partial charge in [0.1, 0.15) is 0 Å². The Bertz CT molecular complexity index is 1320. The largest absolute Gasteiger partial charge is 0.332 e. The molecule has 0 N–H and O–H groups in total. The SMILES string of the molecule is CC(C)c1ccc(C(=O)Cn2c(=O)n(Cc3cccs3)c(=O)c3ncccc32)cc1. The van der Waals surface area contributed by atoms with E-state index in [1.807, 2.05) is 29.6 Å². The van der Waals surface area contributed by atoms with E-state index in [0.717, 1.165) is 15.0 Å². The average molecular weight is 420 g/mol. The zero-order valence-corrected chi connectivity index (χ0v) is 17.6. The summed E-state index contributed by atoms with van der Waals surface area (Å²) >= 11 is 1.47. The number of benzene rings is 1. The van der Waals surface area contributed by atoms with Crippen molar-refractivity contribution in [1.29, 1.82) is 0 Å². The molecule has 0 aliphatic carbocycles. The van der Waals surface area contributed by atoms with Crippen LogP contribution in [0.2, 0.25) is 0 Å². The predicted octanol–water partition coefficient (Wildman–Crippen LogP) is 3.67. The second-order valence-electron chi connectivity index (χ2n) is 7.41. The summed E-state index contributed by atoms with van der Waals surface area (Å²) in [7, 11) is 0. The number of carbonyl (C=O) groups is 1. The molecule has 0 unspecified atom stereocenters. The van der Waals surface area contributed by atoms with E-state index in [-0.39, 0.29) is 24.4 Å². The fourth-order valence-electron chi connectivity index (χ4n) is 3.38. The number of pyridine rings is 1. The smallest absolute Gasteiger partial charge is 0.292 e. The quantitative estimate of drug-likeness (QED) is 0.447. The van der Waals surface area contributed by atoms with E-state index in [4.69, 9.17) is 0 Å². The molecule has 0 saturated heterocycles.